The van der Waals surface area contributed by atoms with E-state index < -0.39 is 0 Å². The fourth-order valence-corrected chi connectivity index (χ4v) is 8.85. The van der Waals surface area contributed by atoms with Gasteiger partial charge in [-0.1, -0.05) is 88.4 Å². The van der Waals surface area contributed by atoms with E-state index in [4.69, 9.17) is 19.7 Å². The topological polar surface area (TPSA) is 56.7 Å². The van der Waals surface area contributed by atoms with Gasteiger partial charge in [0.15, 0.2) is 0 Å². The lowest BCUT2D eigenvalue weighted by Gasteiger charge is -2.22. The normalized spacial score (nSPS) is 12.3. The van der Waals surface area contributed by atoms with E-state index in [0.29, 0.717) is 11.8 Å². The predicted molar refractivity (Wildman–Crippen MR) is 227 cm³/mol. The second-order valence-corrected chi connectivity index (χ2v) is 15.2. The van der Waals surface area contributed by atoms with E-state index in [1.165, 1.54) is 33.2 Å². The SMILES string of the molecule is CC(C)c1cccc(C(C)C)c1-c1cccc2c3ccc(Oc4ccc5c6cccnc6n6c7ccccc7nc6c5c4)cc3c3nc4ccccc4n3c12. The fourth-order valence-electron chi connectivity index (χ4n) is 8.85. The molecular formula is C49H37N5O. The van der Waals surface area contributed by atoms with Gasteiger partial charge in [-0.05, 0) is 112 Å². The van der Waals surface area contributed by atoms with Gasteiger partial charge in [0.1, 0.15) is 28.4 Å². The van der Waals surface area contributed by atoms with Crippen LogP contribution in [0.15, 0.2) is 140 Å². The molecule has 0 aliphatic carbocycles. The lowest BCUT2D eigenvalue weighted by molar-refractivity contribution is 0.484. The maximum absolute atomic E-state index is 6.75. The Bertz CT molecular complexity index is 3340. The highest BCUT2D eigenvalue weighted by Crippen LogP contribution is 2.44. The molecule has 0 saturated heterocycles. The van der Waals surface area contributed by atoms with Gasteiger partial charge < -0.3 is 4.74 Å². The molecule has 0 amide bonds. The number of imidazole rings is 2. The molecule has 6 aromatic carbocycles. The zero-order valence-electron chi connectivity index (χ0n) is 31.1. The smallest absolute Gasteiger partial charge is 0.147 e. The zero-order chi connectivity index (χ0) is 36.9. The van der Waals surface area contributed by atoms with Gasteiger partial charge in [0.25, 0.3) is 0 Å². The summed E-state index contributed by atoms with van der Waals surface area (Å²) in [4.78, 5) is 15.2. The highest BCUT2D eigenvalue weighted by molar-refractivity contribution is 6.18. The number of nitrogens with zero attached hydrogens (tertiary/aromatic N) is 5. The number of hydrogen-bond donors (Lipinski definition) is 0. The molecule has 0 bridgehead atoms. The molecule has 11 aromatic rings. The number of benzene rings is 6. The van der Waals surface area contributed by atoms with Gasteiger partial charge in [0, 0.05) is 33.3 Å². The van der Waals surface area contributed by atoms with Crippen LogP contribution in [0.2, 0.25) is 0 Å². The number of ether oxygens (including phenoxy) is 1. The Morgan fingerprint density at radius 1 is 0.473 bits per heavy atom. The van der Waals surface area contributed by atoms with Crippen LogP contribution in [0.1, 0.15) is 50.7 Å². The molecule has 11 rings (SSSR count). The summed E-state index contributed by atoms with van der Waals surface area (Å²) in [6, 6.07) is 47.1. The Hall–Kier alpha value is -6.79. The van der Waals surface area contributed by atoms with Gasteiger partial charge in [-0.15, -0.1) is 0 Å². The highest BCUT2D eigenvalue weighted by atomic mass is 16.5. The summed E-state index contributed by atoms with van der Waals surface area (Å²) in [5, 5.41) is 6.54. The monoisotopic (exact) mass is 711 g/mol. The van der Waals surface area contributed by atoms with Crippen LogP contribution in [0.25, 0.3) is 88.0 Å². The van der Waals surface area contributed by atoms with Crippen molar-refractivity contribution in [2.75, 3.05) is 0 Å². The Labute approximate surface area is 317 Å². The van der Waals surface area contributed by atoms with Crippen LogP contribution in [-0.2, 0) is 0 Å². The second-order valence-electron chi connectivity index (χ2n) is 15.2. The van der Waals surface area contributed by atoms with Crippen LogP contribution in [0.3, 0.4) is 0 Å². The van der Waals surface area contributed by atoms with Crippen LogP contribution in [0, 0.1) is 0 Å². The average molecular weight is 712 g/mol. The Kier molecular flexibility index (Phi) is 6.84. The summed E-state index contributed by atoms with van der Waals surface area (Å²) in [6.07, 6.45) is 1.84. The van der Waals surface area contributed by atoms with E-state index in [2.05, 4.69) is 146 Å². The third-order valence-corrected chi connectivity index (χ3v) is 11.3. The first-order valence-electron chi connectivity index (χ1n) is 19.1. The highest BCUT2D eigenvalue weighted by Gasteiger charge is 2.22. The molecule has 0 aliphatic heterocycles. The first-order valence-corrected chi connectivity index (χ1v) is 19.1. The summed E-state index contributed by atoms with van der Waals surface area (Å²) in [5.41, 5.74) is 13.1. The van der Waals surface area contributed by atoms with Crippen molar-refractivity contribution >= 4 is 76.8 Å². The number of rotatable bonds is 5. The maximum Gasteiger partial charge on any atom is 0.147 e. The maximum atomic E-state index is 6.75. The summed E-state index contributed by atoms with van der Waals surface area (Å²) in [6.45, 7) is 9.17. The van der Waals surface area contributed by atoms with Crippen molar-refractivity contribution in [3.8, 4) is 22.6 Å². The number of hydrogen-bond acceptors (Lipinski definition) is 4. The Morgan fingerprint density at radius 3 is 1.69 bits per heavy atom. The molecule has 264 valence electrons. The lowest BCUT2D eigenvalue weighted by Crippen LogP contribution is -2.02. The molecule has 6 heteroatoms. The third-order valence-electron chi connectivity index (χ3n) is 11.3. The van der Waals surface area contributed by atoms with E-state index >= 15 is 0 Å². The van der Waals surface area contributed by atoms with Crippen molar-refractivity contribution in [3.05, 3.63) is 151 Å². The van der Waals surface area contributed by atoms with E-state index in [9.17, 15) is 0 Å². The molecule has 0 spiro atoms. The van der Waals surface area contributed by atoms with E-state index in [1.54, 1.807) is 0 Å². The van der Waals surface area contributed by atoms with Crippen molar-refractivity contribution in [2.45, 2.75) is 39.5 Å². The summed E-state index contributed by atoms with van der Waals surface area (Å²) >= 11 is 0. The summed E-state index contributed by atoms with van der Waals surface area (Å²) in [7, 11) is 0. The molecule has 0 atom stereocenters. The van der Waals surface area contributed by atoms with Crippen molar-refractivity contribution in [2.24, 2.45) is 0 Å². The molecular weight excluding hydrogens is 675 g/mol. The standard InChI is InChI=1S/C49H37N5O/c1-28(2)32-12-9-13-33(29(3)4)45(32)38-15-10-14-36-34-23-21-30(26-39(34)48-51-41-17-5-7-19-43(41)53(48)46(36)38)55-31-22-24-35-37-16-11-25-50-47(37)54-44-20-8-6-18-42(44)52-49(54)40(35)27-31/h5-29H,1-4H3. The second kappa shape index (κ2) is 11.9. The van der Waals surface area contributed by atoms with Crippen LogP contribution in [0.4, 0.5) is 0 Å². The average Bonchev–Trinajstić information content (AvgIpc) is 3.80. The van der Waals surface area contributed by atoms with Crippen molar-refractivity contribution < 1.29 is 4.74 Å². The minimum atomic E-state index is 0.369. The fraction of sp³-hybridized carbons (Fsp3) is 0.122. The van der Waals surface area contributed by atoms with Crippen LogP contribution < -0.4 is 4.74 Å². The molecule has 0 N–H and O–H groups in total. The molecule has 0 aliphatic rings. The molecule has 0 unspecified atom stereocenters. The summed E-state index contributed by atoms with van der Waals surface area (Å²) in [5.74, 6) is 2.22. The number of para-hydroxylation sites is 5. The molecule has 0 saturated carbocycles. The lowest BCUT2D eigenvalue weighted by atomic mass is 9.84. The van der Waals surface area contributed by atoms with Crippen molar-refractivity contribution in [3.63, 3.8) is 0 Å². The quantitative estimate of drug-likeness (QED) is 0.167. The van der Waals surface area contributed by atoms with Gasteiger partial charge in [-0.3, -0.25) is 8.80 Å². The number of pyridine rings is 3. The Balaban J connectivity index is 1.14. The first kappa shape index (κ1) is 31.7. The van der Waals surface area contributed by atoms with Gasteiger partial charge in [-0.25, -0.2) is 15.0 Å². The molecule has 0 radical (unpaired) electrons. The van der Waals surface area contributed by atoms with Gasteiger partial charge in [0.05, 0.1) is 27.6 Å². The summed E-state index contributed by atoms with van der Waals surface area (Å²) < 4.78 is 11.3. The zero-order valence-corrected chi connectivity index (χ0v) is 31.1. The van der Waals surface area contributed by atoms with Crippen LogP contribution in [0.5, 0.6) is 11.5 Å². The number of aromatic nitrogens is 5. The first-order chi connectivity index (χ1) is 26.9. The molecule has 5 aromatic heterocycles. The number of fused-ring (bicyclic) bond motifs is 16. The molecule has 55 heavy (non-hydrogen) atoms. The van der Waals surface area contributed by atoms with Gasteiger partial charge in [-0.2, -0.15) is 0 Å². The molecule has 5 heterocycles. The minimum Gasteiger partial charge on any atom is -0.457 e. The van der Waals surface area contributed by atoms with E-state index in [0.717, 1.165) is 77.4 Å². The van der Waals surface area contributed by atoms with E-state index in [1.807, 2.05) is 30.5 Å². The third kappa shape index (κ3) is 4.64. The van der Waals surface area contributed by atoms with Crippen molar-refractivity contribution in [1.29, 1.82) is 0 Å². The van der Waals surface area contributed by atoms with Gasteiger partial charge in [0.2, 0.25) is 0 Å². The predicted octanol–water partition coefficient (Wildman–Crippen LogP) is 13.0. The largest absolute Gasteiger partial charge is 0.457 e. The van der Waals surface area contributed by atoms with E-state index in [-0.39, 0.29) is 0 Å². The Morgan fingerprint density at radius 2 is 1.04 bits per heavy atom. The molecule has 0 fully saturated rings. The van der Waals surface area contributed by atoms with Gasteiger partial charge >= 0.3 is 0 Å². The van der Waals surface area contributed by atoms with Crippen molar-refractivity contribution in [1.82, 2.24) is 23.8 Å². The molecule has 6 nitrogen and oxygen atoms in total. The van der Waals surface area contributed by atoms with Crippen LogP contribution >= 0.6 is 0 Å². The minimum absolute atomic E-state index is 0.369. The van der Waals surface area contributed by atoms with Crippen LogP contribution in [-0.4, -0.2) is 23.8 Å².